The third-order valence-corrected chi connectivity index (χ3v) is 4.23. The van der Waals surface area contributed by atoms with Crippen molar-refractivity contribution in [3.05, 3.63) is 8.96 Å². The largest absolute Gasteiger partial charge is 0.378 e. The summed E-state index contributed by atoms with van der Waals surface area (Å²) in [6, 6.07) is 0. The van der Waals surface area contributed by atoms with Gasteiger partial charge in [0.15, 0.2) is 0 Å². The van der Waals surface area contributed by atoms with Crippen molar-refractivity contribution in [2.45, 2.75) is 0 Å². The number of ether oxygens (including phenoxy) is 2. The fraction of sp³-hybridized carbons (Fsp3) is 0.667. The molecular formula is C12H22Br2N4O4. The zero-order valence-corrected chi connectivity index (χ0v) is 15.4. The molecule has 0 aliphatic heterocycles. The molecule has 0 bridgehead atoms. The number of nitrogens with two attached hydrogens (primary N) is 2. The summed E-state index contributed by atoms with van der Waals surface area (Å²) in [7, 11) is 0. The Kier molecular flexibility index (Phi) is 13.8. The van der Waals surface area contributed by atoms with Crippen LogP contribution in [0.1, 0.15) is 0 Å². The van der Waals surface area contributed by atoms with E-state index in [9.17, 15) is 9.59 Å². The number of carbonyl (C=O) groups is 2. The average molecular weight is 446 g/mol. The van der Waals surface area contributed by atoms with Crippen LogP contribution in [0.3, 0.4) is 0 Å². The Morgan fingerprint density at radius 1 is 0.773 bits per heavy atom. The lowest BCUT2D eigenvalue weighted by molar-refractivity contribution is -0.119. The van der Waals surface area contributed by atoms with Gasteiger partial charge < -0.3 is 31.6 Å². The molecule has 0 fully saturated rings. The van der Waals surface area contributed by atoms with Gasteiger partial charge in [0, 0.05) is 26.2 Å². The van der Waals surface area contributed by atoms with Gasteiger partial charge in [-0.2, -0.15) is 0 Å². The summed E-state index contributed by atoms with van der Waals surface area (Å²) in [5, 5.41) is 5.21. The van der Waals surface area contributed by atoms with E-state index in [1.807, 2.05) is 0 Å². The van der Waals surface area contributed by atoms with Crippen molar-refractivity contribution < 1.29 is 19.1 Å². The fourth-order valence-corrected chi connectivity index (χ4v) is 1.84. The van der Waals surface area contributed by atoms with Crippen molar-refractivity contribution in [3.8, 4) is 0 Å². The molecular weight excluding hydrogens is 424 g/mol. The first-order valence-electron chi connectivity index (χ1n) is 6.71. The SMILES string of the molecule is NCCOCCNC(=O)/C(Br)=C(/Br)C(=O)NCCOCCN. The molecule has 0 unspecified atom stereocenters. The molecule has 0 aliphatic carbocycles. The quantitative estimate of drug-likeness (QED) is 0.229. The minimum absolute atomic E-state index is 0.103. The molecule has 22 heavy (non-hydrogen) atoms. The summed E-state index contributed by atoms with van der Waals surface area (Å²) in [6.45, 7) is 3.08. The van der Waals surface area contributed by atoms with Gasteiger partial charge >= 0.3 is 0 Å². The maximum absolute atomic E-state index is 11.8. The molecule has 0 aliphatic rings. The van der Waals surface area contributed by atoms with Gasteiger partial charge in [0.1, 0.15) is 8.96 Å². The molecule has 0 aromatic heterocycles. The van der Waals surface area contributed by atoms with E-state index in [0.29, 0.717) is 52.6 Å². The van der Waals surface area contributed by atoms with E-state index in [4.69, 9.17) is 20.9 Å². The average Bonchev–Trinajstić information content (AvgIpc) is 2.52. The summed E-state index contributed by atoms with van der Waals surface area (Å²) < 4.78 is 10.4. The number of carbonyl (C=O) groups excluding carboxylic acids is 2. The monoisotopic (exact) mass is 444 g/mol. The lowest BCUT2D eigenvalue weighted by atomic mass is 10.4. The zero-order chi connectivity index (χ0) is 16.8. The van der Waals surface area contributed by atoms with Crippen LogP contribution in [-0.4, -0.2) is 64.4 Å². The van der Waals surface area contributed by atoms with Crippen molar-refractivity contribution in [1.82, 2.24) is 10.6 Å². The topological polar surface area (TPSA) is 129 Å². The van der Waals surface area contributed by atoms with E-state index < -0.39 is 11.8 Å². The van der Waals surface area contributed by atoms with Crippen LogP contribution >= 0.6 is 31.9 Å². The molecule has 0 aromatic rings. The second-order valence-corrected chi connectivity index (χ2v) is 5.53. The highest BCUT2D eigenvalue weighted by Crippen LogP contribution is 2.18. The maximum Gasteiger partial charge on any atom is 0.259 e. The second-order valence-electron chi connectivity index (χ2n) is 3.94. The van der Waals surface area contributed by atoms with Gasteiger partial charge in [0.2, 0.25) is 0 Å². The van der Waals surface area contributed by atoms with E-state index in [2.05, 4.69) is 42.5 Å². The van der Waals surface area contributed by atoms with E-state index in [-0.39, 0.29) is 8.96 Å². The summed E-state index contributed by atoms with van der Waals surface area (Å²) in [4.78, 5) is 23.6. The first-order chi connectivity index (χ1) is 10.5. The van der Waals surface area contributed by atoms with E-state index in [1.165, 1.54) is 0 Å². The molecule has 0 atom stereocenters. The van der Waals surface area contributed by atoms with Crippen LogP contribution in [0.25, 0.3) is 0 Å². The Morgan fingerprint density at radius 2 is 1.14 bits per heavy atom. The Hall–Kier alpha value is -0.520. The van der Waals surface area contributed by atoms with Crippen LogP contribution in [0.5, 0.6) is 0 Å². The molecule has 0 radical (unpaired) electrons. The predicted octanol–water partition coefficient (Wildman–Crippen LogP) is -0.829. The number of halogens is 2. The zero-order valence-electron chi connectivity index (χ0n) is 12.2. The van der Waals surface area contributed by atoms with Crippen molar-refractivity contribution in [3.63, 3.8) is 0 Å². The molecule has 0 spiro atoms. The van der Waals surface area contributed by atoms with Gasteiger partial charge in [-0.25, -0.2) is 0 Å². The summed E-state index contributed by atoms with van der Waals surface area (Å²) in [5.74, 6) is -0.837. The van der Waals surface area contributed by atoms with Crippen LogP contribution < -0.4 is 22.1 Å². The minimum Gasteiger partial charge on any atom is -0.378 e. The highest BCUT2D eigenvalue weighted by Gasteiger charge is 2.16. The minimum atomic E-state index is -0.419. The lowest BCUT2D eigenvalue weighted by Crippen LogP contribution is -2.31. The van der Waals surface area contributed by atoms with Crippen LogP contribution in [0.15, 0.2) is 8.96 Å². The predicted molar refractivity (Wildman–Crippen MR) is 90.6 cm³/mol. The summed E-state index contributed by atoms with van der Waals surface area (Å²) in [6.07, 6.45) is 0. The first kappa shape index (κ1) is 21.5. The second kappa shape index (κ2) is 14.1. The van der Waals surface area contributed by atoms with E-state index >= 15 is 0 Å². The molecule has 128 valence electrons. The van der Waals surface area contributed by atoms with Crippen LogP contribution in [0.2, 0.25) is 0 Å². The number of rotatable bonds is 12. The number of hydrogen-bond donors (Lipinski definition) is 4. The van der Waals surface area contributed by atoms with Crippen molar-refractivity contribution in [2.24, 2.45) is 11.5 Å². The van der Waals surface area contributed by atoms with Crippen LogP contribution in [0.4, 0.5) is 0 Å². The molecule has 0 rings (SSSR count). The maximum atomic E-state index is 11.8. The third-order valence-electron chi connectivity index (χ3n) is 2.18. The normalized spacial score (nSPS) is 11.8. The Morgan fingerprint density at radius 3 is 1.45 bits per heavy atom. The fourth-order valence-electron chi connectivity index (χ4n) is 1.20. The number of amides is 2. The molecule has 2 amide bonds. The van der Waals surface area contributed by atoms with Crippen LogP contribution in [0, 0.1) is 0 Å². The molecule has 10 heteroatoms. The van der Waals surface area contributed by atoms with Crippen molar-refractivity contribution in [2.75, 3.05) is 52.6 Å². The van der Waals surface area contributed by atoms with Gasteiger partial charge in [0.25, 0.3) is 11.8 Å². The Labute approximate surface area is 146 Å². The molecule has 0 heterocycles. The molecule has 0 saturated carbocycles. The highest BCUT2D eigenvalue weighted by atomic mass is 79.9. The van der Waals surface area contributed by atoms with E-state index in [1.54, 1.807) is 0 Å². The van der Waals surface area contributed by atoms with E-state index in [0.717, 1.165) is 0 Å². The summed E-state index contributed by atoms with van der Waals surface area (Å²) in [5.41, 5.74) is 10.5. The molecule has 0 aromatic carbocycles. The smallest absolute Gasteiger partial charge is 0.259 e. The van der Waals surface area contributed by atoms with Gasteiger partial charge in [-0.1, -0.05) is 0 Å². The standard InChI is InChI=1S/C12H22Br2N4O4/c13-9(11(19)17-3-7-21-5-1-15)10(14)12(20)18-4-8-22-6-2-16/h1-8,15-16H2,(H,17,19)(H,18,20)/b10-9-. The van der Waals surface area contributed by atoms with Gasteiger partial charge in [-0.05, 0) is 31.9 Å². The number of hydrogen-bond acceptors (Lipinski definition) is 6. The number of nitrogens with one attached hydrogen (secondary N) is 2. The van der Waals surface area contributed by atoms with Crippen molar-refractivity contribution in [1.29, 1.82) is 0 Å². The van der Waals surface area contributed by atoms with Gasteiger partial charge in [0.05, 0.1) is 26.4 Å². The van der Waals surface area contributed by atoms with Gasteiger partial charge in [-0.3, -0.25) is 9.59 Å². The Balaban J connectivity index is 4.09. The molecule has 8 nitrogen and oxygen atoms in total. The molecule has 0 saturated heterocycles. The first-order valence-corrected chi connectivity index (χ1v) is 8.30. The Bertz CT molecular complexity index is 346. The van der Waals surface area contributed by atoms with Crippen molar-refractivity contribution >= 4 is 43.7 Å². The van der Waals surface area contributed by atoms with Crippen LogP contribution in [-0.2, 0) is 19.1 Å². The summed E-state index contributed by atoms with van der Waals surface area (Å²) >= 11 is 6.15. The lowest BCUT2D eigenvalue weighted by Gasteiger charge is -2.08. The molecule has 6 N–H and O–H groups in total. The third kappa shape index (κ3) is 10.2. The highest BCUT2D eigenvalue weighted by molar-refractivity contribution is 9.14. The van der Waals surface area contributed by atoms with Gasteiger partial charge in [-0.15, -0.1) is 0 Å².